The lowest BCUT2D eigenvalue weighted by molar-refractivity contribution is -0.346. The molecule has 5 heterocycles. The molecule has 6 saturated carbocycles. The summed E-state index contributed by atoms with van der Waals surface area (Å²) in [7, 11) is 0. The number of carboxylic acids is 1. The normalized spacial score (nSPS) is 49.8. The van der Waals surface area contributed by atoms with E-state index in [0.29, 0.717) is 101 Å². The van der Waals surface area contributed by atoms with E-state index in [1.807, 2.05) is 13.0 Å². The number of nitrogens with zero attached hydrogens (tertiary/aromatic N) is 2. The Kier molecular flexibility index (Phi) is 16.4. The summed E-state index contributed by atoms with van der Waals surface area (Å²) < 4.78 is 13.0. The zero-order valence-corrected chi connectivity index (χ0v) is 54.4. The smallest absolute Gasteiger partial charge is 0.310 e. The van der Waals surface area contributed by atoms with E-state index >= 15 is 4.79 Å². The minimum atomic E-state index is -1.73. The molecule has 0 aromatic carbocycles. The molecular formula is C70H103N9O13. The summed E-state index contributed by atoms with van der Waals surface area (Å²) in [5.74, 6) is 1.65. The molecule has 0 radical (unpaired) electrons. The molecule has 2 aromatic rings. The number of ether oxygens (including phenoxy) is 2. The second kappa shape index (κ2) is 23.2. The molecular weight excluding hydrogens is 1170 g/mol. The van der Waals surface area contributed by atoms with Gasteiger partial charge in [0.15, 0.2) is 6.29 Å². The Hall–Kier alpha value is -4.32. The minimum Gasteiger partial charge on any atom is -0.481 e. The van der Waals surface area contributed by atoms with Crippen LogP contribution >= 0.6 is 0 Å². The van der Waals surface area contributed by atoms with Gasteiger partial charge in [-0.1, -0.05) is 96.4 Å². The van der Waals surface area contributed by atoms with Crippen LogP contribution < -0.4 is 27.0 Å². The van der Waals surface area contributed by atoms with Gasteiger partial charge in [0.05, 0.1) is 72.2 Å². The highest BCUT2D eigenvalue weighted by Crippen LogP contribution is 2.81. The molecule has 2 saturated heterocycles. The summed E-state index contributed by atoms with van der Waals surface area (Å²) in [6.45, 7) is 14.1. The third kappa shape index (κ3) is 8.97. The number of aromatic nitrogens is 4. The van der Waals surface area contributed by atoms with Crippen molar-refractivity contribution in [1.29, 1.82) is 0 Å². The molecule has 14 rings (SSSR count). The van der Waals surface area contributed by atoms with Crippen LogP contribution in [0.4, 0.5) is 5.82 Å². The lowest BCUT2D eigenvalue weighted by Crippen LogP contribution is -2.76. The van der Waals surface area contributed by atoms with Gasteiger partial charge >= 0.3 is 5.97 Å². The van der Waals surface area contributed by atoms with Crippen LogP contribution in [0.15, 0.2) is 42.7 Å². The monoisotopic (exact) mass is 1280 g/mol. The van der Waals surface area contributed by atoms with E-state index in [1.165, 1.54) is 12.8 Å². The van der Waals surface area contributed by atoms with Crippen LogP contribution in [0.5, 0.6) is 0 Å². The summed E-state index contributed by atoms with van der Waals surface area (Å²) in [4.78, 5) is 47.2. The number of hydrogen-bond acceptors (Lipinski definition) is 18. The van der Waals surface area contributed by atoms with E-state index < -0.39 is 170 Å². The fourth-order valence-corrected chi connectivity index (χ4v) is 24.2. The number of aliphatic carboxylic acids is 1. The first kappa shape index (κ1) is 65.0. The van der Waals surface area contributed by atoms with Gasteiger partial charge in [0.2, 0.25) is 5.91 Å². The highest BCUT2D eigenvalue weighted by Gasteiger charge is 2.80. The molecule has 8 fully saturated rings. The van der Waals surface area contributed by atoms with E-state index in [-0.39, 0.29) is 31.6 Å². The fraction of sp³-hybridized carbons (Fsp3) is 0.800. The second-order valence-corrected chi connectivity index (χ2v) is 32.6. The number of anilines is 1. The minimum absolute atomic E-state index is 0.110. The van der Waals surface area contributed by atoms with Crippen molar-refractivity contribution >= 4 is 17.7 Å². The van der Waals surface area contributed by atoms with Crippen molar-refractivity contribution < 1.29 is 65.0 Å². The Morgan fingerprint density at radius 3 is 2.46 bits per heavy atom. The van der Waals surface area contributed by atoms with Gasteiger partial charge in [0, 0.05) is 85.7 Å². The zero-order chi connectivity index (χ0) is 65.0. The number of aromatic amines is 2. The number of carbonyl (C=O) groups is 2. The summed E-state index contributed by atoms with van der Waals surface area (Å²) in [5.41, 5.74) is 0.630. The third-order valence-electron chi connectivity index (χ3n) is 28.7. The molecule has 506 valence electrons. The standard InChI is InChI=1S/C70H103N9O13/c1-35-9-7-11-38(23-35)74-22-21-72-27-40(58(71)87)56(86)70(48-29-73-33-77-48)18-14-39-49-52(84)57(92-60-53(85)51(83)46(82)30-91-60)64(3,32-81)47-15-17-65(4)54(66(47,49)5)36(12-13-37-10-8-16-68(37)50(39)55(70)79-61(68)88)24-41-43-26-63(2,31-80)19-20-69(43,62(89)90)44-28-75-59-45(76-34-78-59)25-42(44)67(41,65)6/h14,18,24,29,33-40,42-44,46-47,49-58,60,72,74-75,80-87H,7-11,15-17,19-23,25-28,30-32,71H2,1-6H3,(H,73,77)(H,76,78)(H,79,88)(H,89,90)/t35-,36-,37+,38-,39+,40-,42-,43-,44+,46+,47+,49-,50-,51-,52+,53+,54-,55-,56-,57+,58-,60-,63-,64-,65+,66+,67-,68-,69+,70+/m0/s1. The molecule has 12 aliphatic rings. The molecule has 22 nitrogen and oxygen atoms in total. The number of nitrogens with one attached hydrogen (secondary N) is 6. The van der Waals surface area contributed by atoms with E-state index in [0.717, 1.165) is 24.1 Å². The molecule has 3 aliphatic heterocycles. The second-order valence-electron chi connectivity index (χ2n) is 32.6. The van der Waals surface area contributed by atoms with Gasteiger partial charge in [-0.15, -0.1) is 0 Å². The number of H-pyrrole nitrogens is 2. The van der Waals surface area contributed by atoms with Gasteiger partial charge in [-0.05, 0) is 127 Å². The number of rotatable bonds is 15. The van der Waals surface area contributed by atoms with Gasteiger partial charge in [0.25, 0.3) is 0 Å². The largest absolute Gasteiger partial charge is 0.481 e. The maximum absolute atomic E-state index is 16.2. The van der Waals surface area contributed by atoms with Gasteiger partial charge in [-0.25, -0.2) is 9.97 Å². The number of amides is 1. The SMILES string of the molecule is C[C@H]1CCC[C@H](NCCNC[C@H]([C@@H](N)O)[C@H](O)[C@@]2(c3cnc[nH]3)C=C[C@H]3[C@H]4[C@@H]2NC(=O)[C@]42CCC[C@@H]2C#C[C@H]2C=C4[C@@H]5C[C@@](C)(CO)CC[C@]5(C(=O)O)[C@@H]5CNc6nc[nH]c6C[C@@H]5[C@@]4(C)[C@]4(C)CC[C@@H]5[C@](C)(CO)[C@H](O[C@@H]6OC[C@@H](O)[C@H](O)[C@H]6O)[C@H](O)[C@H]3[C@]5(C)[C@@H]24)C1. The van der Waals surface area contributed by atoms with Gasteiger partial charge in [0.1, 0.15) is 30.4 Å². The summed E-state index contributed by atoms with van der Waals surface area (Å²) in [5, 5.41) is 124. The highest BCUT2D eigenvalue weighted by atomic mass is 16.7. The van der Waals surface area contributed by atoms with E-state index in [2.05, 4.69) is 94.8 Å². The number of aliphatic hydroxyl groups is 8. The van der Waals surface area contributed by atoms with Crippen LogP contribution in [0.3, 0.4) is 0 Å². The molecule has 17 N–H and O–H groups in total. The highest BCUT2D eigenvalue weighted by molar-refractivity contribution is 5.88. The maximum Gasteiger partial charge on any atom is 0.310 e. The number of carboxylic acid groups (broad SMARTS) is 1. The Labute approximate surface area is 539 Å². The number of allylic oxidation sites excluding steroid dienone is 3. The predicted octanol–water partition coefficient (Wildman–Crippen LogP) is 2.69. The molecule has 2 aromatic heterocycles. The first-order valence-electron chi connectivity index (χ1n) is 34.8. The van der Waals surface area contributed by atoms with Crippen molar-refractivity contribution in [3.63, 3.8) is 0 Å². The van der Waals surface area contributed by atoms with Crippen molar-refractivity contribution in [1.82, 2.24) is 35.9 Å². The number of hydrogen-bond donors (Lipinski definition) is 16. The lowest BCUT2D eigenvalue weighted by atomic mass is 9.27. The molecule has 0 bridgehead atoms. The number of nitrogens with two attached hydrogens (primary N) is 1. The molecule has 1 spiro atoms. The quantitative estimate of drug-likeness (QED) is 0.0401. The average molecular weight is 1280 g/mol. The molecule has 22 heteroatoms. The van der Waals surface area contributed by atoms with Crippen molar-refractivity contribution in [3.8, 4) is 11.8 Å². The van der Waals surface area contributed by atoms with E-state index in [1.54, 1.807) is 18.9 Å². The van der Waals surface area contributed by atoms with Crippen LogP contribution in [0.25, 0.3) is 0 Å². The van der Waals surface area contributed by atoms with Crippen LogP contribution in [-0.4, -0.2) is 185 Å². The third-order valence-corrected chi connectivity index (χ3v) is 28.7. The Bertz CT molecular complexity index is 3250. The Morgan fingerprint density at radius 2 is 1.73 bits per heavy atom. The number of imidazole rings is 2. The van der Waals surface area contributed by atoms with Crippen molar-refractivity contribution in [2.24, 2.45) is 115 Å². The van der Waals surface area contributed by atoms with Crippen LogP contribution in [0.1, 0.15) is 130 Å². The van der Waals surface area contributed by atoms with Gasteiger partial charge in [-0.2, -0.15) is 0 Å². The first-order chi connectivity index (χ1) is 43.8. The van der Waals surface area contributed by atoms with Crippen LogP contribution in [-0.2, 0) is 30.9 Å². The molecule has 1 amide bonds. The topological polar surface area (TPSA) is 366 Å². The van der Waals surface area contributed by atoms with Crippen LogP contribution in [0, 0.1) is 121 Å². The van der Waals surface area contributed by atoms with Gasteiger partial charge < -0.3 is 92.4 Å². The maximum atomic E-state index is 16.2. The average Bonchev–Trinajstić information content (AvgIpc) is 0.902. The van der Waals surface area contributed by atoms with Gasteiger partial charge in [-0.3, -0.25) is 9.59 Å². The Balaban J connectivity index is 0.979. The van der Waals surface area contributed by atoms with Crippen molar-refractivity contribution in [2.75, 3.05) is 51.3 Å². The molecule has 9 aliphatic carbocycles. The summed E-state index contributed by atoms with van der Waals surface area (Å²) in [6.07, 6.45) is 8.38. The number of fused-ring (bicyclic) bond motifs is 9. The van der Waals surface area contributed by atoms with Crippen molar-refractivity contribution in [3.05, 3.63) is 54.0 Å². The summed E-state index contributed by atoms with van der Waals surface area (Å²) in [6, 6.07) is -0.510. The molecule has 92 heavy (non-hydrogen) atoms. The fourth-order valence-electron chi connectivity index (χ4n) is 24.2. The molecule has 30 atom stereocenters. The summed E-state index contributed by atoms with van der Waals surface area (Å²) >= 11 is 0. The van der Waals surface area contributed by atoms with Crippen LogP contribution in [0.2, 0.25) is 0 Å². The molecule has 0 unspecified atom stereocenters. The Morgan fingerprint density at radius 1 is 0.924 bits per heavy atom. The first-order valence-corrected chi connectivity index (χ1v) is 34.8. The predicted molar refractivity (Wildman–Crippen MR) is 338 cm³/mol. The number of aliphatic hydroxyl groups excluding tert-OH is 8. The van der Waals surface area contributed by atoms with Crippen molar-refractivity contribution in [2.45, 2.75) is 192 Å². The lowest BCUT2D eigenvalue weighted by Gasteiger charge is -2.76. The van der Waals surface area contributed by atoms with E-state index in [4.69, 9.17) is 20.2 Å². The zero-order valence-electron chi connectivity index (χ0n) is 54.4. The van der Waals surface area contributed by atoms with E-state index in [9.17, 15) is 50.8 Å². The number of carbonyl (C=O) groups excluding carboxylic acids is 1.